The Morgan fingerprint density at radius 1 is 1.06 bits per heavy atom. The van der Waals surface area contributed by atoms with Crippen LogP contribution in [0.4, 0.5) is 14.5 Å². The zero-order valence-electron chi connectivity index (χ0n) is 18.7. The lowest BCUT2D eigenvalue weighted by molar-refractivity contribution is 0.0985. The van der Waals surface area contributed by atoms with E-state index < -0.39 is 11.6 Å². The summed E-state index contributed by atoms with van der Waals surface area (Å²) in [5.41, 5.74) is 2.88. The maximum Gasteiger partial charge on any atom is 0.259 e. The lowest BCUT2D eigenvalue weighted by atomic mass is 10.0. The van der Waals surface area contributed by atoms with Crippen molar-refractivity contribution in [1.82, 2.24) is 14.8 Å². The Morgan fingerprint density at radius 2 is 1.88 bits per heavy atom. The number of halogens is 2. The van der Waals surface area contributed by atoms with E-state index in [1.807, 2.05) is 12.1 Å². The summed E-state index contributed by atoms with van der Waals surface area (Å²) in [7, 11) is 3.18. The molecule has 0 N–H and O–H groups in total. The minimum absolute atomic E-state index is 0.314. The molecule has 34 heavy (non-hydrogen) atoms. The molecule has 9 heteroatoms. The second-order valence-corrected chi connectivity index (χ2v) is 8.07. The number of hydrogen-bond donors (Lipinski definition) is 0. The predicted molar refractivity (Wildman–Crippen MR) is 123 cm³/mol. The van der Waals surface area contributed by atoms with E-state index in [4.69, 9.17) is 9.47 Å². The van der Waals surface area contributed by atoms with Crippen molar-refractivity contribution in [3.05, 3.63) is 77.1 Å². The quantitative estimate of drug-likeness (QED) is 0.439. The number of nitrogens with zero attached hydrogens (tertiary/aromatic N) is 4. The first-order chi connectivity index (χ1) is 16.5. The summed E-state index contributed by atoms with van der Waals surface area (Å²) in [6, 6.07) is 9.53. The number of ether oxygens (including phenoxy) is 2. The van der Waals surface area contributed by atoms with E-state index in [0.29, 0.717) is 65.3 Å². The number of rotatable bonds is 5. The van der Waals surface area contributed by atoms with Gasteiger partial charge in [0.25, 0.3) is 5.91 Å². The van der Waals surface area contributed by atoms with E-state index in [-0.39, 0.29) is 5.91 Å². The fraction of sp³-hybridized carbons (Fsp3) is 0.240. The molecular formula is C25H22F2N4O3. The topological polar surface area (TPSA) is 69.5 Å². The Labute approximate surface area is 194 Å². The first kappa shape index (κ1) is 21.8. The van der Waals surface area contributed by atoms with Gasteiger partial charge in [0.15, 0.2) is 17.3 Å². The van der Waals surface area contributed by atoms with Crippen LogP contribution in [-0.2, 0) is 13.0 Å². The van der Waals surface area contributed by atoms with Crippen LogP contribution in [-0.4, -0.2) is 41.4 Å². The smallest absolute Gasteiger partial charge is 0.259 e. The minimum Gasteiger partial charge on any atom is -0.497 e. The van der Waals surface area contributed by atoms with Gasteiger partial charge in [0.05, 0.1) is 38.2 Å². The van der Waals surface area contributed by atoms with E-state index in [9.17, 15) is 13.6 Å². The van der Waals surface area contributed by atoms with Gasteiger partial charge in [-0.2, -0.15) is 5.10 Å². The Morgan fingerprint density at radius 3 is 2.68 bits per heavy atom. The minimum atomic E-state index is -0.970. The van der Waals surface area contributed by atoms with Crippen LogP contribution >= 0.6 is 0 Å². The fourth-order valence-electron chi connectivity index (χ4n) is 4.29. The standard InChI is InChI=1S/C25H22F2N4O3/c1-33-19-6-5-16(23(10-19)34-2)14-31-24-17(13-29-31)8-18(12-28-24)25(32)30-7-3-4-15-9-20(26)21(27)11-22(15)30/h5-6,8-13H,3-4,7,14H2,1-2H3. The Bertz CT molecular complexity index is 1400. The summed E-state index contributed by atoms with van der Waals surface area (Å²) in [5.74, 6) is -0.832. The van der Waals surface area contributed by atoms with Gasteiger partial charge in [-0.15, -0.1) is 0 Å². The molecule has 1 aliphatic rings. The third-order valence-electron chi connectivity index (χ3n) is 6.02. The molecule has 1 aliphatic heterocycles. The van der Waals surface area contributed by atoms with E-state index in [1.54, 1.807) is 37.2 Å². The maximum atomic E-state index is 13.9. The van der Waals surface area contributed by atoms with Crippen molar-refractivity contribution in [3.63, 3.8) is 0 Å². The van der Waals surface area contributed by atoms with E-state index in [0.717, 1.165) is 11.6 Å². The van der Waals surface area contributed by atoms with Crippen molar-refractivity contribution in [2.75, 3.05) is 25.7 Å². The second kappa shape index (κ2) is 8.74. The molecule has 4 aromatic rings. The van der Waals surface area contributed by atoms with Crippen molar-refractivity contribution < 1.29 is 23.0 Å². The lowest BCUT2D eigenvalue weighted by Crippen LogP contribution is -2.35. The van der Waals surface area contributed by atoms with Gasteiger partial charge in [-0.25, -0.2) is 18.4 Å². The highest BCUT2D eigenvalue weighted by Gasteiger charge is 2.26. The van der Waals surface area contributed by atoms with Gasteiger partial charge < -0.3 is 14.4 Å². The van der Waals surface area contributed by atoms with Crippen LogP contribution in [0.15, 0.2) is 48.8 Å². The molecule has 5 rings (SSSR count). The monoisotopic (exact) mass is 464 g/mol. The number of carbonyl (C=O) groups excluding carboxylic acids is 1. The number of anilines is 1. The number of aromatic nitrogens is 3. The summed E-state index contributed by atoms with van der Waals surface area (Å²) >= 11 is 0. The van der Waals surface area contributed by atoms with Crippen LogP contribution in [0.5, 0.6) is 11.5 Å². The third kappa shape index (κ3) is 3.83. The molecule has 2 aromatic heterocycles. The van der Waals surface area contributed by atoms with Gasteiger partial charge in [-0.05, 0) is 42.7 Å². The molecule has 0 bridgehead atoms. The van der Waals surface area contributed by atoms with Gasteiger partial charge in [0.1, 0.15) is 11.5 Å². The molecule has 0 unspecified atom stereocenters. The summed E-state index contributed by atoms with van der Waals surface area (Å²) < 4.78 is 40.0. The van der Waals surface area contributed by atoms with Gasteiger partial charge in [0.2, 0.25) is 0 Å². The molecule has 0 saturated carbocycles. The number of amides is 1. The van der Waals surface area contributed by atoms with Crippen molar-refractivity contribution >= 4 is 22.6 Å². The highest BCUT2D eigenvalue weighted by molar-refractivity contribution is 6.07. The average Bonchev–Trinajstić information content (AvgIpc) is 3.26. The van der Waals surface area contributed by atoms with Crippen LogP contribution in [0.1, 0.15) is 27.9 Å². The normalized spacial score (nSPS) is 13.1. The number of benzene rings is 2. The maximum absolute atomic E-state index is 13.9. The molecule has 2 aromatic carbocycles. The number of hydrogen-bond acceptors (Lipinski definition) is 5. The fourth-order valence-corrected chi connectivity index (χ4v) is 4.29. The molecule has 174 valence electrons. The molecule has 0 saturated heterocycles. The summed E-state index contributed by atoms with van der Waals surface area (Å²) in [4.78, 5) is 19.2. The Hall–Kier alpha value is -4.01. The Balaban J connectivity index is 1.44. The highest BCUT2D eigenvalue weighted by Crippen LogP contribution is 2.31. The molecular weight excluding hydrogens is 442 g/mol. The van der Waals surface area contributed by atoms with Crippen molar-refractivity contribution in [2.24, 2.45) is 0 Å². The lowest BCUT2D eigenvalue weighted by Gasteiger charge is -2.29. The third-order valence-corrected chi connectivity index (χ3v) is 6.02. The highest BCUT2D eigenvalue weighted by atomic mass is 19.2. The average molecular weight is 464 g/mol. The van der Waals surface area contributed by atoms with Gasteiger partial charge in [-0.1, -0.05) is 0 Å². The summed E-state index contributed by atoms with van der Waals surface area (Å²) in [5, 5.41) is 5.13. The molecule has 0 atom stereocenters. The molecule has 0 aliphatic carbocycles. The van der Waals surface area contributed by atoms with Crippen LogP contribution in [0.25, 0.3) is 11.0 Å². The van der Waals surface area contributed by atoms with Gasteiger partial charge in [0, 0.05) is 35.8 Å². The first-order valence-corrected chi connectivity index (χ1v) is 10.8. The van der Waals surface area contributed by atoms with Crippen molar-refractivity contribution in [3.8, 4) is 11.5 Å². The van der Waals surface area contributed by atoms with Crippen molar-refractivity contribution in [2.45, 2.75) is 19.4 Å². The molecule has 1 amide bonds. The number of methoxy groups -OCH3 is 2. The Kier molecular flexibility index (Phi) is 5.61. The number of fused-ring (bicyclic) bond motifs is 2. The number of carbonyl (C=O) groups is 1. The van der Waals surface area contributed by atoms with E-state index in [2.05, 4.69) is 10.1 Å². The van der Waals surface area contributed by atoms with E-state index in [1.165, 1.54) is 17.2 Å². The SMILES string of the molecule is COc1ccc(Cn2ncc3cc(C(=O)N4CCCc5cc(F)c(F)cc54)cnc32)c(OC)c1. The first-order valence-electron chi connectivity index (χ1n) is 10.8. The summed E-state index contributed by atoms with van der Waals surface area (Å²) in [6.45, 7) is 0.840. The largest absolute Gasteiger partial charge is 0.497 e. The van der Waals surface area contributed by atoms with Crippen LogP contribution in [0.2, 0.25) is 0 Å². The number of pyridine rings is 1. The van der Waals surface area contributed by atoms with E-state index >= 15 is 0 Å². The molecule has 7 nitrogen and oxygen atoms in total. The van der Waals surface area contributed by atoms with Gasteiger partial charge >= 0.3 is 0 Å². The number of aryl methyl sites for hydroxylation is 1. The predicted octanol–water partition coefficient (Wildman–Crippen LogP) is 4.37. The van der Waals surface area contributed by atoms with Crippen molar-refractivity contribution in [1.29, 1.82) is 0 Å². The molecule has 0 spiro atoms. The van der Waals surface area contributed by atoms with Crippen LogP contribution in [0, 0.1) is 11.6 Å². The zero-order chi connectivity index (χ0) is 23.8. The molecule has 0 fully saturated rings. The molecule has 0 radical (unpaired) electrons. The van der Waals surface area contributed by atoms with Crippen LogP contribution in [0.3, 0.4) is 0 Å². The molecule has 3 heterocycles. The second-order valence-electron chi connectivity index (χ2n) is 8.07. The van der Waals surface area contributed by atoms with Gasteiger partial charge in [-0.3, -0.25) is 4.79 Å². The summed E-state index contributed by atoms with van der Waals surface area (Å²) in [6.07, 6.45) is 4.40. The van der Waals surface area contributed by atoms with Crippen LogP contribution < -0.4 is 14.4 Å². The zero-order valence-corrected chi connectivity index (χ0v) is 18.7.